The third kappa shape index (κ3) is 2.13. The summed E-state index contributed by atoms with van der Waals surface area (Å²) in [5.74, 6) is 0.338. The Labute approximate surface area is 88.2 Å². The second-order valence-corrected chi connectivity index (χ2v) is 4.90. The molecule has 3 nitrogen and oxygen atoms in total. The van der Waals surface area contributed by atoms with Gasteiger partial charge >= 0.3 is 0 Å². The van der Waals surface area contributed by atoms with Crippen LogP contribution in [0.15, 0.2) is 5.38 Å². The van der Waals surface area contributed by atoms with Gasteiger partial charge in [0.2, 0.25) is 0 Å². The molecule has 1 saturated heterocycles. The van der Waals surface area contributed by atoms with Crippen LogP contribution in [0, 0.1) is 12.8 Å². The van der Waals surface area contributed by atoms with Crippen molar-refractivity contribution >= 4 is 11.3 Å². The van der Waals surface area contributed by atoms with E-state index < -0.39 is 0 Å². The molecule has 1 aliphatic rings. The second-order valence-electron chi connectivity index (χ2n) is 3.84. The van der Waals surface area contributed by atoms with E-state index in [1.165, 1.54) is 0 Å². The van der Waals surface area contributed by atoms with Crippen molar-refractivity contribution in [1.82, 2.24) is 10.3 Å². The standard InChI is InChI=1S/C10H16N2OS/c1-7-12-9(6-14-7)10(13)8-3-2-4-11-5-8/h6,8,10-11,13H,2-5H2,1H3. The van der Waals surface area contributed by atoms with Crippen molar-refractivity contribution in [2.24, 2.45) is 5.92 Å². The van der Waals surface area contributed by atoms with Gasteiger partial charge in [-0.2, -0.15) is 0 Å². The lowest BCUT2D eigenvalue weighted by atomic mass is 9.92. The Morgan fingerprint density at radius 3 is 3.14 bits per heavy atom. The van der Waals surface area contributed by atoms with Gasteiger partial charge in [-0.3, -0.25) is 0 Å². The van der Waals surface area contributed by atoms with Crippen LogP contribution in [0.2, 0.25) is 0 Å². The summed E-state index contributed by atoms with van der Waals surface area (Å²) in [6, 6.07) is 0. The lowest BCUT2D eigenvalue weighted by Gasteiger charge is -2.26. The molecule has 2 N–H and O–H groups in total. The van der Waals surface area contributed by atoms with Gasteiger partial charge in [-0.1, -0.05) is 0 Å². The number of aliphatic hydroxyl groups excluding tert-OH is 1. The molecule has 2 unspecified atom stereocenters. The van der Waals surface area contributed by atoms with Crippen molar-refractivity contribution in [3.05, 3.63) is 16.1 Å². The predicted octanol–water partition coefficient (Wildman–Crippen LogP) is 1.48. The van der Waals surface area contributed by atoms with Crippen molar-refractivity contribution in [3.63, 3.8) is 0 Å². The van der Waals surface area contributed by atoms with Gasteiger partial charge in [0.1, 0.15) is 6.10 Å². The highest BCUT2D eigenvalue weighted by Gasteiger charge is 2.24. The largest absolute Gasteiger partial charge is 0.386 e. The zero-order valence-corrected chi connectivity index (χ0v) is 9.18. The fourth-order valence-corrected chi connectivity index (χ4v) is 2.55. The number of piperidine rings is 1. The summed E-state index contributed by atoms with van der Waals surface area (Å²) in [5, 5.41) is 16.4. The first kappa shape index (κ1) is 10.1. The van der Waals surface area contributed by atoms with E-state index in [0.717, 1.165) is 36.6 Å². The molecular weight excluding hydrogens is 196 g/mol. The van der Waals surface area contributed by atoms with E-state index in [0.29, 0.717) is 5.92 Å². The van der Waals surface area contributed by atoms with Crippen molar-refractivity contribution in [2.75, 3.05) is 13.1 Å². The van der Waals surface area contributed by atoms with Crippen LogP contribution in [0.3, 0.4) is 0 Å². The van der Waals surface area contributed by atoms with E-state index in [4.69, 9.17) is 0 Å². The highest BCUT2D eigenvalue weighted by atomic mass is 32.1. The third-order valence-electron chi connectivity index (χ3n) is 2.72. The Balaban J connectivity index is 2.03. The number of thiazole rings is 1. The van der Waals surface area contributed by atoms with Crippen molar-refractivity contribution in [3.8, 4) is 0 Å². The zero-order valence-electron chi connectivity index (χ0n) is 8.36. The minimum absolute atomic E-state index is 0.338. The second kappa shape index (κ2) is 4.38. The quantitative estimate of drug-likeness (QED) is 0.780. The lowest BCUT2D eigenvalue weighted by molar-refractivity contribution is 0.0888. The van der Waals surface area contributed by atoms with Crippen LogP contribution < -0.4 is 5.32 Å². The third-order valence-corrected chi connectivity index (χ3v) is 3.51. The van der Waals surface area contributed by atoms with E-state index in [1.54, 1.807) is 11.3 Å². The maximum atomic E-state index is 10.1. The summed E-state index contributed by atoms with van der Waals surface area (Å²) in [6.45, 7) is 3.97. The van der Waals surface area contributed by atoms with Gasteiger partial charge in [0.25, 0.3) is 0 Å². The smallest absolute Gasteiger partial charge is 0.101 e. The van der Waals surface area contributed by atoms with Crippen molar-refractivity contribution in [2.45, 2.75) is 25.9 Å². The maximum Gasteiger partial charge on any atom is 0.101 e. The SMILES string of the molecule is Cc1nc(C(O)C2CCCNC2)cs1. The minimum atomic E-state index is -0.382. The zero-order chi connectivity index (χ0) is 9.97. The number of aliphatic hydroxyl groups is 1. The van der Waals surface area contributed by atoms with Gasteiger partial charge in [0.15, 0.2) is 0 Å². The molecule has 0 aliphatic carbocycles. The summed E-state index contributed by atoms with van der Waals surface area (Å²) in [4.78, 5) is 4.33. The highest BCUT2D eigenvalue weighted by Crippen LogP contribution is 2.27. The molecule has 1 aliphatic heterocycles. The maximum absolute atomic E-state index is 10.1. The summed E-state index contributed by atoms with van der Waals surface area (Å²) >= 11 is 1.61. The van der Waals surface area contributed by atoms with Crippen LogP contribution in [-0.2, 0) is 0 Å². The molecule has 14 heavy (non-hydrogen) atoms. The summed E-state index contributed by atoms with van der Waals surface area (Å²) in [7, 11) is 0. The van der Waals surface area contributed by atoms with E-state index >= 15 is 0 Å². The topological polar surface area (TPSA) is 45.2 Å². The Morgan fingerprint density at radius 1 is 1.71 bits per heavy atom. The van der Waals surface area contributed by atoms with Gasteiger partial charge in [0, 0.05) is 17.8 Å². The molecule has 2 atom stereocenters. The van der Waals surface area contributed by atoms with Crippen LogP contribution in [0.5, 0.6) is 0 Å². The van der Waals surface area contributed by atoms with E-state index in [2.05, 4.69) is 10.3 Å². The molecule has 0 saturated carbocycles. The number of hydrogen-bond acceptors (Lipinski definition) is 4. The molecule has 2 heterocycles. The summed E-state index contributed by atoms with van der Waals surface area (Å²) in [5.41, 5.74) is 0.848. The number of nitrogens with zero attached hydrogens (tertiary/aromatic N) is 1. The summed E-state index contributed by atoms with van der Waals surface area (Å²) in [6.07, 6.45) is 1.88. The predicted molar refractivity (Wildman–Crippen MR) is 57.4 cm³/mol. The number of rotatable bonds is 2. The Hall–Kier alpha value is -0.450. The first-order valence-electron chi connectivity index (χ1n) is 5.08. The molecule has 0 spiro atoms. The van der Waals surface area contributed by atoms with Crippen LogP contribution in [0.1, 0.15) is 29.6 Å². The Bertz CT molecular complexity index is 294. The summed E-state index contributed by atoms with van der Waals surface area (Å²) < 4.78 is 0. The number of aromatic nitrogens is 1. The average molecular weight is 212 g/mol. The molecule has 4 heteroatoms. The van der Waals surface area contributed by atoms with Crippen LogP contribution in [0.25, 0.3) is 0 Å². The molecule has 78 valence electrons. The van der Waals surface area contributed by atoms with Crippen LogP contribution in [0.4, 0.5) is 0 Å². The molecular formula is C10H16N2OS. The average Bonchev–Trinajstić information content (AvgIpc) is 2.65. The van der Waals surface area contributed by atoms with Crippen LogP contribution >= 0.6 is 11.3 Å². The fraction of sp³-hybridized carbons (Fsp3) is 0.700. The van der Waals surface area contributed by atoms with E-state index in [9.17, 15) is 5.11 Å². The van der Waals surface area contributed by atoms with Gasteiger partial charge in [0.05, 0.1) is 10.7 Å². The molecule has 1 aromatic rings. The van der Waals surface area contributed by atoms with Crippen molar-refractivity contribution in [1.29, 1.82) is 0 Å². The number of nitrogens with one attached hydrogen (secondary N) is 1. The molecule has 0 bridgehead atoms. The molecule has 1 fully saturated rings. The van der Waals surface area contributed by atoms with Crippen molar-refractivity contribution < 1.29 is 5.11 Å². The highest BCUT2D eigenvalue weighted by molar-refractivity contribution is 7.09. The molecule has 2 rings (SSSR count). The number of aryl methyl sites for hydroxylation is 1. The Morgan fingerprint density at radius 2 is 2.57 bits per heavy atom. The number of hydrogen-bond donors (Lipinski definition) is 2. The lowest BCUT2D eigenvalue weighted by Crippen LogP contribution is -2.33. The minimum Gasteiger partial charge on any atom is -0.386 e. The molecule has 1 aromatic heterocycles. The van der Waals surface area contributed by atoms with Gasteiger partial charge in [-0.25, -0.2) is 4.98 Å². The van der Waals surface area contributed by atoms with Gasteiger partial charge in [-0.15, -0.1) is 11.3 Å². The molecule has 0 radical (unpaired) electrons. The van der Waals surface area contributed by atoms with Crippen LogP contribution in [-0.4, -0.2) is 23.2 Å². The molecule has 0 aromatic carbocycles. The first-order valence-corrected chi connectivity index (χ1v) is 5.96. The molecule has 0 amide bonds. The monoisotopic (exact) mass is 212 g/mol. The normalized spacial score (nSPS) is 24.9. The van der Waals surface area contributed by atoms with E-state index in [-0.39, 0.29) is 6.10 Å². The van der Waals surface area contributed by atoms with Gasteiger partial charge < -0.3 is 10.4 Å². The fourth-order valence-electron chi connectivity index (χ4n) is 1.91. The first-order chi connectivity index (χ1) is 6.77. The van der Waals surface area contributed by atoms with E-state index in [1.807, 2.05) is 12.3 Å². The Kier molecular flexibility index (Phi) is 3.15. The van der Waals surface area contributed by atoms with Gasteiger partial charge in [-0.05, 0) is 26.3 Å².